The Hall–Kier alpha value is -1.14. The molecule has 0 aromatic heterocycles. The SMILES string of the molecule is CCCCCCCCC(CCCCCC)OC(=O)CCCN(CCO)CCCCCCCC(=O)O. The third-order valence-corrected chi connectivity index (χ3v) is 6.69. The van der Waals surface area contributed by atoms with Gasteiger partial charge in [0.2, 0.25) is 0 Å². The molecule has 0 spiro atoms. The highest BCUT2D eigenvalue weighted by Crippen LogP contribution is 2.17. The van der Waals surface area contributed by atoms with E-state index in [0.717, 1.165) is 77.3 Å². The number of aliphatic carboxylic acids is 1. The van der Waals surface area contributed by atoms with Gasteiger partial charge in [-0.2, -0.15) is 0 Å². The summed E-state index contributed by atoms with van der Waals surface area (Å²) < 4.78 is 5.90. The number of rotatable bonds is 27. The number of ether oxygens (including phenoxy) is 1. The van der Waals surface area contributed by atoms with Gasteiger partial charge in [-0.25, -0.2) is 0 Å². The van der Waals surface area contributed by atoms with Crippen molar-refractivity contribution in [2.24, 2.45) is 0 Å². The normalized spacial score (nSPS) is 12.2. The summed E-state index contributed by atoms with van der Waals surface area (Å²) in [7, 11) is 0. The van der Waals surface area contributed by atoms with Gasteiger partial charge in [0.25, 0.3) is 0 Å². The van der Waals surface area contributed by atoms with Gasteiger partial charge in [0.05, 0.1) is 6.61 Å². The van der Waals surface area contributed by atoms with E-state index in [1.54, 1.807) is 0 Å². The molecule has 0 saturated carbocycles. The molecule has 208 valence electrons. The lowest BCUT2D eigenvalue weighted by atomic mass is 10.0. The van der Waals surface area contributed by atoms with Crippen LogP contribution in [0.3, 0.4) is 0 Å². The van der Waals surface area contributed by atoms with Crippen molar-refractivity contribution in [1.29, 1.82) is 0 Å². The summed E-state index contributed by atoms with van der Waals surface area (Å²) in [4.78, 5) is 25.3. The number of carboxylic acid groups (broad SMARTS) is 1. The van der Waals surface area contributed by atoms with Gasteiger partial charge >= 0.3 is 11.9 Å². The highest BCUT2D eigenvalue weighted by atomic mass is 16.5. The summed E-state index contributed by atoms with van der Waals surface area (Å²) in [5, 5.41) is 18.1. The average molecular weight is 500 g/mol. The minimum absolute atomic E-state index is 0.0696. The number of hydrogen-bond donors (Lipinski definition) is 2. The summed E-state index contributed by atoms with van der Waals surface area (Å²) in [6, 6.07) is 0. The molecule has 6 heteroatoms. The van der Waals surface area contributed by atoms with Gasteiger partial charge in [-0.15, -0.1) is 0 Å². The number of esters is 1. The van der Waals surface area contributed by atoms with Gasteiger partial charge in [0.15, 0.2) is 0 Å². The Morgan fingerprint density at radius 1 is 0.657 bits per heavy atom. The van der Waals surface area contributed by atoms with E-state index in [-0.39, 0.29) is 25.1 Å². The van der Waals surface area contributed by atoms with Gasteiger partial charge in [-0.05, 0) is 58.0 Å². The molecule has 0 rings (SSSR count). The molecule has 35 heavy (non-hydrogen) atoms. The molecule has 0 bridgehead atoms. The maximum Gasteiger partial charge on any atom is 0.306 e. The Balaban J connectivity index is 4.19. The zero-order valence-electron chi connectivity index (χ0n) is 23.1. The number of aliphatic hydroxyl groups excluding tert-OH is 1. The molecule has 6 nitrogen and oxygen atoms in total. The molecular weight excluding hydrogens is 442 g/mol. The summed E-state index contributed by atoms with van der Waals surface area (Å²) in [5.74, 6) is -0.790. The van der Waals surface area contributed by atoms with Crippen LogP contribution < -0.4 is 0 Å². The number of carbonyl (C=O) groups is 2. The van der Waals surface area contributed by atoms with Crippen LogP contribution in [0.25, 0.3) is 0 Å². The largest absolute Gasteiger partial charge is 0.481 e. The van der Waals surface area contributed by atoms with Crippen LogP contribution in [-0.2, 0) is 14.3 Å². The Kier molecular flexibility index (Phi) is 25.1. The molecule has 0 aromatic carbocycles. The Morgan fingerprint density at radius 3 is 1.77 bits per heavy atom. The van der Waals surface area contributed by atoms with E-state index in [1.807, 2.05) is 0 Å². The second-order valence-electron chi connectivity index (χ2n) is 10.1. The standard InChI is InChI=1S/C29H57NO5/c1-3-5-7-9-11-15-20-27(19-14-8-6-4-2)35-29(34)22-18-24-30(25-26-31)23-17-13-10-12-16-21-28(32)33/h27,31H,3-26H2,1-2H3,(H,32,33). The average Bonchev–Trinajstić information content (AvgIpc) is 2.82. The lowest BCUT2D eigenvalue weighted by Gasteiger charge is -2.22. The summed E-state index contributed by atoms with van der Waals surface area (Å²) in [6.45, 7) is 6.92. The van der Waals surface area contributed by atoms with Gasteiger partial charge in [-0.1, -0.05) is 84.5 Å². The first-order valence-electron chi connectivity index (χ1n) is 14.8. The molecule has 0 aliphatic rings. The molecule has 2 N–H and O–H groups in total. The van der Waals surface area contributed by atoms with Crippen molar-refractivity contribution in [3.8, 4) is 0 Å². The number of carboxylic acids is 1. The predicted molar refractivity (Wildman–Crippen MR) is 145 cm³/mol. The number of unbranched alkanes of at least 4 members (excludes halogenated alkanes) is 12. The molecular formula is C29H57NO5. The quantitative estimate of drug-likeness (QED) is 0.0924. The highest BCUT2D eigenvalue weighted by Gasteiger charge is 2.15. The van der Waals surface area contributed by atoms with Crippen molar-refractivity contribution in [1.82, 2.24) is 4.90 Å². The van der Waals surface area contributed by atoms with Gasteiger partial charge in [0, 0.05) is 19.4 Å². The second-order valence-corrected chi connectivity index (χ2v) is 10.1. The Bertz CT molecular complexity index is 486. The maximum absolute atomic E-state index is 12.5. The Labute approximate surface area is 216 Å². The van der Waals surface area contributed by atoms with Crippen LogP contribution in [0.5, 0.6) is 0 Å². The zero-order valence-corrected chi connectivity index (χ0v) is 23.1. The first-order valence-corrected chi connectivity index (χ1v) is 14.8. The van der Waals surface area contributed by atoms with E-state index in [2.05, 4.69) is 18.7 Å². The van der Waals surface area contributed by atoms with Gasteiger partial charge in [-0.3, -0.25) is 9.59 Å². The van der Waals surface area contributed by atoms with Crippen LogP contribution in [0.2, 0.25) is 0 Å². The number of nitrogens with zero attached hydrogens (tertiary/aromatic N) is 1. The number of carbonyl (C=O) groups excluding carboxylic acids is 1. The summed E-state index contributed by atoms with van der Waals surface area (Å²) in [5.41, 5.74) is 0. The van der Waals surface area contributed by atoms with Crippen molar-refractivity contribution >= 4 is 11.9 Å². The van der Waals surface area contributed by atoms with Crippen molar-refractivity contribution in [3.63, 3.8) is 0 Å². The Morgan fingerprint density at radius 2 is 1.17 bits per heavy atom. The topological polar surface area (TPSA) is 87.1 Å². The first kappa shape index (κ1) is 33.9. The molecule has 1 atom stereocenters. The lowest BCUT2D eigenvalue weighted by molar-refractivity contribution is -0.150. The van der Waals surface area contributed by atoms with Gasteiger partial charge < -0.3 is 19.8 Å². The van der Waals surface area contributed by atoms with Crippen molar-refractivity contribution in [2.75, 3.05) is 26.2 Å². The van der Waals surface area contributed by atoms with Crippen LogP contribution in [0, 0.1) is 0 Å². The van der Waals surface area contributed by atoms with Crippen LogP contribution >= 0.6 is 0 Å². The van der Waals surface area contributed by atoms with Crippen molar-refractivity contribution in [2.45, 2.75) is 148 Å². The van der Waals surface area contributed by atoms with E-state index >= 15 is 0 Å². The fraction of sp³-hybridized carbons (Fsp3) is 0.931. The smallest absolute Gasteiger partial charge is 0.306 e. The molecule has 0 aliphatic carbocycles. The van der Waals surface area contributed by atoms with Crippen molar-refractivity contribution in [3.05, 3.63) is 0 Å². The molecule has 0 amide bonds. The monoisotopic (exact) mass is 499 g/mol. The van der Waals surface area contributed by atoms with Crippen LogP contribution in [0.4, 0.5) is 0 Å². The van der Waals surface area contributed by atoms with E-state index in [9.17, 15) is 14.7 Å². The minimum Gasteiger partial charge on any atom is -0.481 e. The second kappa shape index (κ2) is 25.9. The molecule has 0 heterocycles. The lowest BCUT2D eigenvalue weighted by Crippen LogP contribution is -2.29. The van der Waals surface area contributed by atoms with Crippen molar-refractivity contribution < 1.29 is 24.5 Å². The fourth-order valence-corrected chi connectivity index (χ4v) is 4.52. The van der Waals surface area contributed by atoms with Crippen LogP contribution in [0.1, 0.15) is 142 Å². The van der Waals surface area contributed by atoms with E-state index < -0.39 is 5.97 Å². The molecule has 1 unspecified atom stereocenters. The van der Waals surface area contributed by atoms with Crippen LogP contribution in [-0.4, -0.2) is 59.4 Å². The highest BCUT2D eigenvalue weighted by molar-refractivity contribution is 5.69. The molecule has 0 radical (unpaired) electrons. The fourth-order valence-electron chi connectivity index (χ4n) is 4.52. The predicted octanol–water partition coefficient (Wildman–Crippen LogP) is 7.12. The summed E-state index contributed by atoms with van der Waals surface area (Å²) in [6.07, 6.45) is 20.8. The number of hydrogen-bond acceptors (Lipinski definition) is 5. The third-order valence-electron chi connectivity index (χ3n) is 6.69. The number of aliphatic hydroxyl groups is 1. The minimum atomic E-state index is -0.720. The molecule has 0 aliphatic heterocycles. The summed E-state index contributed by atoms with van der Waals surface area (Å²) >= 11 is 0. The third kappa shape index (κ3) is 24.3. The zero-order chi connectivity index (χ0) is 26.0. The van der Waals surface area contributed by atoms with Gasteiger partial charge in [0.1, 0.15) is 6.10 Å². The molecule has 0 saturated heterocycles. The maximum atomic E-state index is 12.5. The van der Waals surface area contributed by atoms with Crippen LogP contribution in [0.15, 0.2) is 0 Å². The van der Waals surface area contributed by atoms with E-state index in [4.69, 9.17) is 9.84 Å². The molecule has 0 fully saturated rings. The molecule has 0 aromatic rings. The first-order chi connectivity index (χ1) is 17.0. The van der Waals surface area contributed by atoms with E-state index in [1.165, 1.54) is 51.4 Å². The van der Waals surface area contributed by atoms with E-state index in [0.29, 0.717) is 13.0 Å².